The van der Waals surface area contributed by atoms with Gasteiger partial charge in [-0.2, -0.15) is 9.29 Å². The summed E-state index contributed by atoms with van der Waals surface area (Å²) in [6.45, 7) is 6.62. The second-order valence-electron chi connectivity index (χ2n) is 16.9. The van der Waals surface area contributed by atoms with Crippen LogP contribution in [0.1, 0.15) is 169 Å². The lowest BCUT2D eigenvalue weighted by atomic mass is 10.0. The number of rotatable bonds is 35. The Hall–Kier alpha value is -2.24. The molecule has 18 nitrogen and oxygen atoms in total. The number of carbonyl (C=O) groups is 2. The van der Waals surface area contributed by atoms with E-state index in [1.165, 1.54) is 63.9 Å². The lowest BCUT2D eigenvalue weighted by molar-refractivity contribution is -0.161. The van der Waals surface area contributed by atoms with Crippen LogP contribution in [0.3, 0.4) is 0 Å². The quantitative estimate of drug-likeness (QED) is 0.0249. The number of phosphoric ester groups is 2. The van der Waals surface area contributed by atoms with Gasteiger partial charge in [-0.25, -0.2) is 13.9 Å². The van der Waals surface area contributed by atoms with Crippen molar-refractivity contribution in [2.45, 2.75) is 193 Å². The Morgan fingerprint density at radius 2 is 1.21 bits per heavy atom. The maximum absolute atomic E-state index is 12.8. The third-order valence-corrected chi connectivity index (χ3v) is 12.9. The summed E-state index contributed by atoms with van der Waals surface area (Å²) in [6, 6.07) is 1.25. The monoisotopic (exact) mass is 911 g/mol. The van der Waals surface area contributed by atoms with E-state index in [2.05, 4.69) is 37.0 Å². The Morgan fingerprint density at radius 3 is 1.72 bits per heavy atom. The van der Waals surface area contributed by atoms with Crippen molar-refractivity contribution in [1.29, 1.82) is 0 Å². The molecule has 0 amide bonds. The molecule has 0 saturated carbocycles. The van der Waals surface area contributed by atoms with Crippen LogP contribution in [0.15, 0.2) is 17.1 Å². The van der Waals surface area contributed by atoms with Gasteiger partial charge >= 0.3 is 33.3 Å². The van der Waals surface area contributed by atoms with Crippen molar-refractivity contribution in [3.8, 4) is 0 Å². The Balaban J connectivity index is 1.84. The number of aliphatic hydroxyl groups excluding tert-OH is 2. The fraction of sp³-hybridized carbons (Fsp3) is 0.854. The zero-order chi connectivity index (χ0) is 45.3. The van der Waals surface area contributed by atoms with E-state index < -0.39 is 83.7 Å². The summed E-state index contributed by atoms with van der Waals surface area (Å²) in [5, 5.41) is 20.8. The molecule has 354 valence electrons. The summed E-state index contributed by atoms with van der Waals surface area (Å²) in [6.07, 6.45) is 14.0. The first-order chi connectivity index (χ1) is 28.9. The van der Waals surface area contributed by atoms with E-state index in [0.29, 0.717) is 18.8 Å². The van der Waals surface area contributed by atoms with Crippen LogP contribution in [0.2, 0.25) is 0 Å². The van der Waals surface area contributed by atoms with Gasteiger partial charge in [0.1, 0.15) is 30.7 Å². The minimum absolute atomic E-state index is 0.0546. The van der Waals surface area contributed by atoms with Crippen molar-refractivity contribution in [3.63, 3.8) is 0 Å². The molecular formula is C41H75N3O15P2. The molecule has 2 heterocycles. The second-order valence-corrected chi connectivity index (χ2v) is 19.9. The third-order valence-electron chi connectivity index (χ3n) is 10.3. The Kier molecular flexibility index (Phi) is 27.0. The van der Waals surface area contributed by atoms with Crippen molar-refractivity contribution in [2.24, 2.45) is 11.8 Å². The highest BCUT2D eigenvalue weighted by Gasteiger charge is 2.46. The Bertz CT molecular complexity index is 1550. The van der Waals surface area contributed by atoms with Gasteiger partial charge in [0.25, 0.3) is 0 Å². The smallest absolute Gasteiger partial charge is 0.462 e. The van der Waals surface area contributed by atoms with Crippen molar-refractivity contribution in [2.75, 3.05) is 25.6 Å². The van der Waals surface area contributed by atoms with Crippen LogP contribution in [0.5, 0.6) is 0 Å². The predicted molar refractivity (Wildman–Crippen MR) is 229 cm³/mol. The fourth-order valence-corrected chi connectivity index (χ4v) is 8.91. The van der Waals surface area contributed by atoms with E-state index in [4.69, 9.17) is 29.0 Å². The molecule has 1 fully saturated rings. The molecule has 61 heavy (non-hydrogen) atoms. The Morgan fingerprint density at radius 1 is 0.738 bits per heavy atom. The van der Waals surface area contributed by atoms with Crippen LogP contribution < -0.4 is 11.4 Å². The van der Waals surface area contributed by atoms with Gasteiger partial charge in [-0.1, -0.05) is 137 Å². The molecule has 0 spiro atoms. The van der Waals surface area contributed by atoms with Crippen LogP contribution in [0, 0.1) is 11.8 Å². The van der Waals surface area contributed by atoms with Crippen LogP contribution in [0.25, 0.3) is 0 Å². The summed E-state index contributed by atoms with van der Waals surface area (Å²) in [5.41, 5.74) is 4.58. The molecule has 1 aromatic rings. The van der Waals surface area contributed by atoms with Gasteiger partial charge in [-0.15, -0.1) is 0 Å². The zero-order valence-electron chi connectivity index (χ0n) is 36.8. The number of nitrogen functional groups attached to an aromatic ring is 1. The largest absolute Gasteiger partial charge is 0.481 e. The number of aliphatic hydroxyl groups is 2. The van der Waals surface area contributed by atoms with Gasteiger partial charge in [-0.3, -0.25) is 23.2 Å². The number of nitrogens with zero attached hydrogens (tertiary/aromatic N) is 2. The van der Waals surface area contributed by atoms with Gasteiger partial charge in [0.2, 0.25) is 0 Å². The van der Waals surface area contributed by atoms with Crippen molar-refractivity contribution in [3.05, 3.63) is 22.7 Å². The number of hydrogen-bond donors (Lipinski definition) is 5. The van der Waals surface area contributed by atoms with Gasteiger partial charge in [0.15, 0.2) is 12.3 Å². The SMILES string of the molecule is CC(C)CCCCCCCCCCCCCC(=O)O[C@H](COC(=O)CCCCCCCCC(C)C)COP(=O)(O)OP(=O)(O)OC[C@H]1O[C@@H](n2ccc(N)nc2=O)C(O)[C@H]1O. The molecule has 0 aliphatic carbocycles. The van der Waals surface area contributed by atoms with Gasteiger partial charge < -0.3 is 39.9 Å². The van der Waals surface area contributed by atoms with E-state index in [1.807, 2.05) is 0 Å². The number of aromatic nitrogens is 2. The third kappa shape index (κ3) is 25.0. The fourth-order valence-electron chi connectivity index (χ4n) is 6.80. The Labute approximate surface area is 361 Å². The highest BCUT2D eigenvalue weighted by atomic mass is 31.3. The second kappa shape index (κ2) is 30.0. The van der Waals surface area contributed by atoms with E-state index >= 15 is 0 Å². The number of unbranched alkanes of at least 4 members (excludes halogenated alkanes) is 15. The summed E-state index contributed by atoms with van der Waals surface area (Å²) >= 11 is 0. The predicted octanol–water partition coefficient (Wildman–Crippen LogP) is 7.65. The summed E-state index contributed by atoms with van der Waals surface area (Å²) in [4.78, 5) is 61.5. The van der Waals surface area contributed by atoms with Crippen molar-refractivity contribution < 1.29 is 66.3 Å². The van der Waals surface area contributed by atoms with Crippen LogP contribution >= 0.6 is 15.6 Å². The lowest BCUT2D eigenvalue weighted by Crippen LogP contribution is -2.36. The van der Waals surface area contributed by atoms with Crippen LogP contribution in [-0.4, -0.2) is 85.7 Å². The maximum Gasteiger partial charge on any atom is 0.481 e. The molecule has 1 aromatic heterocycles. The molecular weight excluding hydrogens is 836 g/mol. The van der Waals surface area contributed by atoms with E-state index in [1.54, 1.807) is 0 Å². The van der Waals surface area contributed by atoms with E-state index in [-0.39, 0.29) is 18.7 Å². The number of esters is 2. The topological polar surface area (TPSA) is 265 Å². The highest BCUT2D eigenvalue weighted by Crippen LogP contribution is 2.60. The van der Waals surface area contributed by atoms with E-state index in [0.717, 1.165) is 68.0 Å². The molecule has 0 radical (unpaired) electrons. The minimum Gasteiger partial charge on any atom is -0.462 e. The molecule has 7 atom stereocenters. The average Bonchev–Trinajstić information content (AvgIpc) is 3.46. The first-order valence-corrected chi connectivity index (χ1v) is 25.3. The zero-order valence-corrected chi connectivity index (χ0v) is 38.6. The van der Waals surface area contributed by atoms with Gasteiger partial charge in [0, 0.05) is 19.0 Å². The number of ether oxygens (including phenoxy) is 3. The number of anilines is 1. The highest BCUT2D eigenvalue weighted by molar-refractivity contribution is 7.61. The number of hydrogen-bond acceptors (Lipinski definition) is 15. The molecule has 20 heteroatoms. The normalized spacial score (nSPS) is 20.4. The first-order valence-electron chi connectivity index (χ1n) is 22.3. The molecule has 3 unspecified atom stereocenters. The van der Waals surface area contributed by atoms with Crippen LogP contribution in [-0.2, 0) is 46.3 Å². The molecule has 1 saturated heterocycles. The maximum atomic E-state index is 12.8. The van der Waals surface area contributed by atoms with Crippen LogP contribution in [0.4, 0.5) is 5.82 Å². The molecule has 1 aliphatic heterocycles. The average molecular weight is 912 g/mol. The van der Waals surface area contributed by atoms with Crippen molar-refractivity contribution in [1.82, 2.24) is 9.55 Å². The molecule has 1 aliphatic rings. The lowest BCUT2D eigenvalue weighted by Gasteiger charge is -2.21. The summed E-state index contributed by atoms with van der Waals surface area (Å²) < 4.78 is 56.5. The number of nitrogens with two attached hydrogens (primary N) is 1. The van der Waals surface area contributed by atoms with Gasteiger partial charge in [-0.05, 0) is 30.7 Å². The minimum atomic E-state index is -5.41. The molecule has 0 bridgehead atoms. The van der Waals surface area contributed by atoms with Gasteiger partial charge in [0.05, 0.1) is 13.2 Å². The number of carbonyl (C=O) groups excluding carboxylic acids is 2. The molecule has 6 N–H and O–H groups in total. The standard InChI is InChI=1S/C41H75N3O15P2/c1-31(2)22-18-14-10-8-6-5-7-9-11-17-21-25-37(46)57-33(28-54-36(45)24-20-16-13-12-15-19-23-32(3)4)29-55-60(50,51)59-61(52,53)56-30-34-38(47)39(48)40(58-34)44-27-26-35(42)43-41(44)49/h26-27,31-34,38-40,47-48H,5-25,28-30H2,1-4H3,(H,50,51)(H,52,53)(H2,42,43,49)/t33-,34-,38+,39?,40-/m1/s1. The number of phosphoric acid groups is 2. The molecule has 2 rings (SSSR count). The first kappa shape index (κ1) is 54.9. The molecule has 0 aromatic carbocycles. The summed E-state index contributed by atoms with van der Waals surface area (Å²) in [5.74, 6) is 0.145. The van der Waals surface area contributed by atoms with Crippen molar-refractivity contribution >= 4 is 33.4 Å². The summed E-state index contributed by atoms with van der Waals surface area (Å²) in [7, 11) is -10.8. The van der Waals surface area contributed by atoms with E-state index in [9.17, 15) is 43.5 Å².